The molecule has 0 atom stereocenters. The van der Waals surface area contributed by atoms with Crippen molar-refractivity contribution in [1.29, 1.82) is 0 Å². The SMILES string of the molecule is CCCCn1c(=S)n(CN2CCN(CC(=O)Nc3ccccc3Cl)CC2)c2ccccc21. The zero-order valence-corrected chi connectivity index (χ0v) is 20.0. The number of anilines is 1. The second kappa shape index (κ2) is 10.6. The summed E-state index contributed by atoms with van der Waals surface area (Å²) < 4.78 is 5.41. The molecule has 1 aliphatic rings. The van der Waals surface area contributed by atoms with Crippen LogP contribution in [0.15, 0.2) is 48.5 Å². The van der Waals surface area contributed by atoms with Gasteiger partial charge < -0.3 is 14.5 Å². The van der Waals surface area contributed by atoms with E-state index < -0.39 is 0 Å². The molecule has 0 spiro atoms. The van der Waals surface area contributed by atoms with Gasteiger partial charge in [0.1, 0.15) is 0 Å². The number of para-hydroxylation sites is 3. The van der Waals surface area contributed by atoms with E-state index in [9.17, 15) is 4.79 Å². The van der Waals surface area contributed by atoms with Gasteiger partial charge in [0.05, 0.1) is 35.0 Å². The van der Waals surface area contributed by atoms with Gasteiger partial charge in [0.25, 0.3) is 0 Å². The van der Waals surface area contributed by atoms with Gasteiger partial charge in [-0.3, -0.25) is 14.6 Å². The van der Waals surface area contributed by atoms with Crippen LogP contribution in [0.2, 0.25) is 5.02 Å². The topological polar surface area (TPSA) is 45.4 Å². The smallest absolute Gasteiger partial charge is 0.238 e. The third-order valence-electron chi connectivity index (χ3n) is 5.98. The minimum atomic E-state index is -0.0345. The summed E-state index contributed by atoms with van der Waals surface area (Å²) in [6, 6.07) is 15.8. The molecule has 0 saturated carbocycles. The Hall–Kier alpha value is -2.19. The minimum Gasteiger partial charge on any atom is -0.324 e. The molecule has 4 rings (SSSR count). The number of carbonyl (C=O) groups excluding carboxylic acids is 1. The van der Waals surface area contributed by atoms with E-state index in [0.29, 0.717) is 17.3 Å². The number of imidazole rings is 1. The quantitative estimate of drug-likeness (QED) is 0.477. The summed E-state index contributed by atoms with van der Waals surface area (Å²) in [6.07, 6.45) is 2.27. The summed E-state index contributed by atoms with van der Waals surface area (Å²) in [5, 5.41) is 3.46. The summed E-state index contributed by atoms with van der Waals surface area (Å²) >= 11 is 12.0. The Bertz CT molecular complexity index is 1130. The predicted octanol–water partition coefficient (Wildman–Crippen LogP) is 4.84. The first-order valence-corrected chi connectivity index (χ1v) is 12.0. The average Bonchev–Trinajstić information content (AvgIpc) is 3.06. The maximum absolute atomic E-state index is 12.4. The standard InChI is InChI=1S/C24H30ClN5OS/c1-2-3-12-29-21-10-6-7-11-22(21)30(24(29)32)18-28-15-13-27(14-16-28)17-23(31)26-20-9-5-4-8-19(20)25/h4-11H,2-3,12-18H2,1H3,(H,26,31). The zero-order valence-electron chi connectivity index (χ0n) is 18.5. The van der Waals surface area contributed by atoms with E-state index in [4.69, 9.17) is 23.8 Å². The molecule has 170 valence electrons. The van der Waals surface area contributed by atoms with E-state index in [-0.39, 0.29) is 5.91 Å². The van der Waals surface area contributed by atoms with Crippen molar-refractivity contribution in [1.82, 2.24) is 18.9 Å². The summed E-state index contributed by atoms with van der Waals surface area (Å²) in [7, 11) is 0. The van der Waals surface area contributed by atoms with Gasteiger partial charge in [-0.05, 0) is 42.9 Å². The number of nitrogens with zero attached hydrogens (tertiary/aromatic N) is 4. The predicted molar refractivity (Wildman–Crippen MR) is 134 cm³/mol. The second-order valence-electron chi connectivity index (χ2n) is 8.27. The van der Waals surface area contributed by atoms with Crippen LogP contribution in [-0.2, 0) is 18.0 Å². The van der Waals surface area contributed by atoms with E-state index in [0.717, 1.165) is 57.0 Å². The van der Waals surface area contributed by atoms with Crippen molar-refractivity contribution in [3.8, 4) is 0 Å². The lowest BCUT2D eigenvalue weighted by molar-refractivity contribution is -0.117. The second-order valence-corrected chi connectivity index (χ2v) is 9.04. The van der Waals surface area contributed by atoms with Crippen LogP contribution in [0.25, 0.3) is 11.0 Å². The number of aryl methyl sites for hydroxylation is 1. The molecule has 1 aromatic heterocycles. The molecule has 2 aromatic carbocycles. The van der Waals surface area contributed by atoms with Crippen molar-refractivity contribution in [2.75, 3.05) is 38.0 Å². The Labute approximate surface area is 199 Å². The molecule has 0 bridgehead atoms. The van der Waals surface area contributed by atoms with Gasteiger partial charge in [-0.1, -0.05) is 49.2 Å². The van der Waals surface area contributed by atoms with Gasteiger partial charge in [-0.2, -0.15) is 0 Å². The van der Waals surface area contributed by atoms with Crippen LogP contribution in [-0.4, -0.2) is 57.6 Å². The Morgan fingerprint density at radius 1 is 0.969 bits per heavy atom. The number of aromatic nitrogens is 2. The van der Waals surface area contributed by atoms with Crippen LogP contribution in [0.4, 0.5) is 5.69 Å². The van der Waals surface area contributed by atoms with Crippen molar-refractivity contribution < 1.29 is 4.79 Å². The van der Waals surface area contributed by atoms with Gasteiger partial charge in [0.2, 0.25) is 5.91 Å². The van der Waals surface area contributed by atoms with Gasteiger partial charge in [-0.15, -0.1) is 0 Å². The molecule has 0 unspecified atom stereocenters. The Morgan fingerprint density at radius 3 is 2.28 bits per heavy atom. The van der Waals surface area contributed by atoms with E-state index in [2.05, 4.69) is 55.4 Å². The first-order valence-electron chi connectivity index (χ1n) is 11.2. The summed E-state index contributed by atoms with van der Waals surface area (Å²) in [5.41, 5.74) is 3.06. The number of halogens is 1. The van der Waals surface area contributed by atoms with Crippen LogP contribution in [0.5, 0.6) is 0 Å². The van der Waals surface area contributed by atoms with Crippen molar-refractivity contribution in [2.45, 2.75) is 33.0 Å². The molecular weight excluding hydrogens is 442 g/mol. The largest absolute Gasteiger partial charge is 0.324 e. The molecule has 6 nitrogen and oxygen atoms in total. The summed E-state index contributed by atoms with van der Waals surface area (Å²) in [6.45, 7) is 7.79. The van der Waals surface area contributed by atoms with Gasteiger partial charge in [-0.25, -0.2) is 0 Å². The van der Waals surface area contributed by atoms with Gasteiger partial charge >= 0.3 is 0 Å². The van der Waals surface area contributed by atoms with E-state index in [1.807, 2.05) is 18.2 Å². The summed E-state index contributed by atoms with van der Waals surface area (Å²) in [4.78, 5) is 17.0. The number of hydrogen-bond donors (Lipinski definition) is 1. The van der Waals surface area contributed by atoms with Crippen molar-refractivity contribution in [3.05, 3.63) is 58.3 Å². The lowest BCUT2D eigenvalue weighted by Crippen LogP contribution is -2.48. The molecule has 8 heteroatoms. The maximum Gasteiger partial charge on any atom is 0.238 e. The molecule has 1 aliphatic heterocycles. The number of unbranched alkanes of at least 4 members (excludes halogenated alkanes) is 1. The molecule has 3 aromatic rings. The molecule has 1 fully saturated rings. The third-order valence-corrected chi connectivity index (χ3v) is 6.75. The summed E-state index contributed by atoms with van der Waals surface area (Å²) in [5.74, 6) is -0.0345. The highest BCUT2D eigenvalue weighted by Crippen LogP contribution is 2.21. The van der Waals surface area contributed by atoms with Crippen molar-refractivity contribution >= 4 is 46.4 Å². The Morgan fingerprint density at radius 2 is 1.59 bits per heavy atom. The van der Waals surface area contributed by atoms with Crippen molar-refractivity contribution in [2.24, 2.45) is 0 Å². The fourth-order valence-corrected chi connectivity index (χ4v) is 4.71. The van der Waals surface area contributed by atoms with Gasteiger partial charge in [0, 0.05) is 32.7 Å². The van der Waals surface area contributed by atoms with E-state index in [1.165, 1.54) is 11.0 Å². The highest BCUT2D eigenvalue weighted by Gasteiger charge is 2.21. The maximum atomic E-state index is 12.4. The molecule has 32 heavy (non-hydrogen) atoms. The molecule has 0 radical (unpaired) electrons. The van der Waals surface area contributed by atoms with Crippen LogP contribution in [0, 0.1) is 4.77 Å². The number of amides is 1. The molecule has 1 saturated heterocycles. The molecule has 1 N–H and O–H groups in total. The number of nitrogens with one attached hydrogen (secondary N) is 1. The molecular formula is C24H30ClN5OS. The number of rotatable bonds is 8. The van der Waals surface area contributed by atoms with Crippen LogP contribution >= 0.6 is 23.8 Å². The monoisotopic (exact) mass is 471 g/mol. The Kier molecular flexibility index (Phi) is 7.63. The Balaban J connectivity index is 1.36. The minimum absolute atomic E-state index is 0.0345. The van der Waals surface area contributed by atoms with Crippen LogP contribution < -0.4 is 5.32 Å². The first kappa shape index (κ1) is 23.0. The van der Waals surface area contributed by atoms with Crippen molar-refractivity contribution in [3.63, 3.8) is 0 Å². The zero-order chi connectivity index (χ0) is 22.5. The number of fused-ring (bicyclic) bond motifs is 1. The third kappa shape index (κ3) is 5.23. The van der Waals surface area contributed by atoms with Gasteiger partial charge in [0.15, 0.2) is 4.77 Å². The van der Waals surface area contributed by atoms with E-state index in [1.54, 1.807) is 6.07 Å². The highest BCUT2D eigenvalue weighted by molar-refractivity contribution is 7.71. The number of carbonyl (C=O) groups is 1. The fourth-order valence-electron chi connectivity index (χ4n) is 4.19. The number of hydrogen-bond acceptors (Lipinski definition) is 4. The number of piperazine rings is 1. The normalized spacial score (nSPS) is 15.3. The lowest BCUT2D eigenvalue weighted by atomic mass is 10.3. The fraction of sp³-hybridized carbons (Fsp3) is 0.417. The first-order chi connectivity index (χ1) is 15.6. The van der Waals surface area contributed by atoms with Crippen LogP contribution in [0.3, 0.4) is 0 Å². The molecule has 1 amide bonds. The van der Waals surface area contributed by atoms with Crippen LogP contribution in [0.1, 0.15) is 19.8 Å². The molecule has 2 heterocycles. The average molecular weight is 472 g/mol. The number of benzene rings is 2. The van der Waals surface area contributed by atoms with E-state index >= 15 is 0 Å². The molecule has 0 aliphatic carbocycles. The lowest BCUT2D eigenvalue weighted by Gasteiger charge is -2.34. The highest BCUT2D eigenvalue weighted by atomic mass is 35.5.